The second kappa shape index (κ2) is 2.92. The first kappa shape index (κ1) is 7.84. The molecule has 1 N–H and O–H groups in total. The molecule has 0 aromatic carbocycles. The Morgan fingerprint density at radius 1 is 1.50 bits per heavy atom. The molecule has 2 rings (SSSR count). The average molecular weight is 165 g/mol. The van der Waals surface area contributed by atoms with Gasteiger partial charge in [0.25, 0.3) is 0 Å². The zero-order chi connectivity index (χ0) is 8.55. The van der Waals surface area contributed by atoms with E-state index in [2.05, 4.69) is 11.9 Å². The van der Waals surface area contributed by atoms with Gasteiger partial charge in [-0.25, -0.2) is 0 Å². The summed E-state index contributed by atoms with van der Waals surface area (Å²) in [5.41, 5.74) is 0. The number of carbonyl (C=O) groups is 1. The normalized spacial score (nSPS) is 37.2. The van der Waals surface area contributed by atoms with E-state index in [4.69, 9.17) is 0 Å². The molecule has 2 fully saturated rings. The average Bonchev–Trinajstić information content (AvgIpc) is 2.56. The van der Waals surface area contributed by atoms with Crippen LogP contribution < -0.4 is 5.32 Å². The van der Waals surface area contributed by atoms with Crippen LogP contribution >= 0.6 is 0 Å². The molecule has 2 unspecified atom stereocenters. The van der Waals surface area contributed by atoms with Gasteiger partial charge in [-0.1, -0.05) is 12.5 Å². The molecule has 2 aliphatic carbocycles. The van der Waals surface area contributed by atoms with Gasteiger partial charge in [0.2, 0.25) is 5.91 Å². The van der Waals surface area contributed by atoms with Crippen molar-refractivity contribution in [2.24, 2.45) is 17.8 Å². The monoisotopic (exact) mass is 165 g/mol. The maximum absolute atomic E-state index is 11.4. The van der Waals surface area contributed by atoms with Crippen LogP contribution in [0.5, 0.6) is 0 Å². The third-order valence-corrected chi connectivity index (χ3v) is 3.13. The van der Waals surface area contributed by atoms with Crippen molar-refractivity contribution in [3.05, 3.63) is 12.7 Å². The molecule has 2 saturated carbocycles. The van der Waals surface area contributed by atoms with Gasteiger partial charge in [0.05, 0.1) is 0 Å². The quantitative estimate of drug-likeness (QED) is 0.628. The van der Waals surface area contributed by atoms with Crippen molar-refractivity contribution in [3.63, 3.8) is 0 Å². The summed E-state index contributed by atoms with van der Waals surface area (Å²) in [5, 5.41) is 2.87. The number of hydrogen-bond donors (Lipinski definition) is 1. The highest BCUT2D eigenvalue weighted by atomic mass is 16.2. The lowest BCUT2D eigenvalue weighted by Gasteiger charge is -2.02. The Bertz CT molecular complexity index is 202. The Balaban J connectivity index is 1.80. The Hall–Kier alpha value is -0.790. The maximum atomic E-state index is 11.4. The highest BCUT2D eigenvalue weighted by Crippen LogP contribution is 2.57. The molecule has 2 nitrogen and oxygen atoms in total. The van der Waals surface area contributed by atoms with E-state index >= 15 is 0 Å². The molecule has 0 heterocycles. The van der Waals surface area contributed by atoms with E-state index in [-0.39, 0.29) is 5.91 Å². The number of nitrogens with one attached hydrogen (secondary N) is 1. The fraction of sp³-hybridized carbons (Fsp3) is 0.700. The van der Waals surface area contributed by atoms with Crippen molar-refractivity contribution in [1.29, 1.82) is 0 Å². The van der Waals surface area contributed by atoms with Crippen molar-refractivity contribution in [2.75, 3.05) is 6.54 Å². The van der Waals surface area contributed by atoms with Crippen LogP contribution in [0, 0.1) is 17.8 Å². The number of fused-ring (bicyclic) bond motifs is 1. The SMILES string of the molecule is C=CCNC(=O)C1C2CCCC21. The molecule has 2 atom stereocenters. The number of hydrogen-bond acceptors (Lipinski definition) is 1. The van der Waals surface area contributed by atoms with Crippen LogP contribution in [0.15, 0.2) is 12.7 Å². The molecule has 0 radical (unpaired) electrons. The Morgan fingerprint density at radius 3 is 2.75 bits per heavy atom. The fourth-order valence-electron chi connectivity index (χ4n) is 2.50. The Kier molecular flexibility index (Phi) is 1.91. The first-order valence-corrected chi connectivity index (χ1v) is 4.73. The molecule has 0 spiro atoms. The molecule has 0 aliphatic heterocycles. The van der Waals surface area contributed by atoms with E-state index < -0.39 is 0 Å². The molecule has 1 amide bonds. The predicted octanol–water partition coefficient (Wildman–Crippen LogP) is 1.33. The van der Waals surface area contributed by atoms with Crippen molar-refractivity contribution >= 4 is 5.91 Å². The first-order chi connectivity index (χ1) is 5.84. The minimum atomic E-state index is 0.254. The summed E-state index contributed by atoms with van der Waals surface area (Å²) in [7, 11) is 0. The summed E-state index contributed by atoms with van der Waals surface area (Å²) in [5.74, 6) is 2.08. The molecular weight excluding hydrogens is 150 g/mol. The standard InChI is InChI=1S/C10H15NO/c1-2-6-11-10(12)9-7-4-3-5-8(7)9/h2,7-9H,1,3-6H2,(H,11,12). The molecule has 0 aromatic heterocycles. The van der Waals surface area contributed by atoms with E-state index in [0.717, 1.165) is 11.8 Å². The predicted molar refractivity (Wildman–Crippen MR) is 47.5 cm³/mol. The van der Waals surface area contributed by atoms with Gasteiger partial charge in [0.15, 0.2) is 0 Å². The molecule has 0 bridgehead atoms. The largest absolute Gasteiger partial charge is 0.352 e. The van der Waals surface area contributed by atoms with Crippen molar-refractivity contribution < 1.29 is 4.79 Å². The van der Waals surface area contributed by atoms with Gasteiger partial charge in [-0.3, -0.25) is 4.79 Å². The minimum absolute atomic E-state index is 0.254. The zero-order valence-corrected chi connectivity index (χ0v) is 7.25. The highest BCUT2D eigenvalue weighted by molar-refractivity contribution is 5.82. The summed E-state index contributed by atoms with van der Waals surface area (Å²) in [6.07, 6.45) is 5.62. The van der Waals surface area contributed by atoms with E-state index in [1.807, 2.05) is 0 Å². The lowest BCUT2D eigenvalue weighted by molar-refractivity contribution is -0.122. The summed E-state index contributed by atoms with van der Waals surface area (Å²) < 4.78 is 0. The maximum Gasteiger partial charge on any atom is 0.223 e. The van der Waals surface area contributed by atoms with Gasteiger partial charge in [-0.15, -0.1) is 6.58 Å². The molecule has 2 heteroatoms. The van der Waals surface area contributed by atoms with Crippen LogP contribution in [0.1, 0.15) is 19.3 Å². The van der Waals surface area contributed by atoms with Gasteiger partial charge in [0.1, 0.15) is 0 Å². The zero-order valence-electron chi connectivity index (χ0n) is 7.25. The minimum Gasteiger partial charge on any atom is -0.352 e. The van der Waals surface area contributed by atoms with Gasteiger partial charge >= 0.3 is 0 Å². The highest BCUT2D eigenvalue weighted by Gasteiger charge is 2.56. The molecule has 0 aromatic rings. The van der Waals surface area contributed by atoms with Crippen LogP contribution in [0.25, 0.3) is 0 Å². The summed E-state index contributed by atoms with van der Waals surface area (Å²) in [4.78, 5) is 11.4. The van der Waals surface area contributed by atoms with Crippen LogP contribution in [-0.2, 0) is 4.79 Å². The van der Waals surface area contributed by atoms with Gasteiger partial charge in [-0.2, -0.15) is 0 Å². The van der Waals surface area contributed by atoms with E-state index in [0.29, 0.717) is 12.5 Å². The van der Waals surface area contributed by atoms with Crippen LogP contribution in [0.4, 0.5) is 0 Å². The van der Waals surface area contributed by atoms with Gasteiger partial charge in [0, 0.05) is 12.5 Å². The van der Waals surface area contributed by atoms with Crippen LogP contribution in [0.2, 0.25) is 0 Å². The topological polar surface area (TPSA) is 29.1 Å². The van der Waals surface area contributed by atoms with Crippen molar-refractivity contribution in [1.82, 2.24) is 5.32 Å². The van der Waals surface area contributed by atoms with E-state index in [1.54, 1.807) is 6.08 Å². The summed E-state index contributed by atoms with van der Waals surface area (Å²) in [6, 6.07) is 0. The fourth-order valence-corrected chi connectivity index (χ4v) is 2.50. The smallest absolute Gasteiger partial charge is 0.223 e. The van der Waals surface area contributed by atoms with Crippen molar-refractivity contribution in [3.8, 4) is 0 Å². The molecule has 0 saturated heterocycles. The number of carbonyl (C=O) groups excluding carboxylic acids is 1. The first-order valence-electron chi connectivity index (χ1n) is 4.73. The Morgan fingerprint density at radius 2 is 2.17 bits per heavy atom. The van der Waals surface area contributed by atoms with Crippen LogP contribution in [0.3, 0.4) is 0 Å². The number of amides is 1. The van der Waals surface area contributed by atoms with Crippen LogP contribution in [-0.4, -0.2) is 12.5 Å². The molecule has 66 valence electrons. The molecule has 2 aliphatic rings. The van der Waals surface area contributed by atoms with Gasteiger partial charge < -0.3 is 5.32 Å². The third-order valence-electron chi connectivity index (χ3n) is 3.13. The van der Waals surface area contributed by atoms with Crippen molar-refractivity contribution in [2.45, 2.75) is 19.3 Å². The lowest BCUT2D eigenvalue weighted by atomic mass is 10.1. The lowest BCUT2D eigenvalue weighted by Crippen LogP contribution is -2.26. The summed E-state index contributed by atoms with van der Waals surface area (Å²) >= 11 is 0. The van der Waals surface area contributed by atoms with E-state index in [9.17, 15) is 4.79 Å². The third kappa shape index (κ3) is 1.15. The number of rotatable bonds is 3. The summed E-state index contributed by atoms with van der Waals surface area (Å²) in [6.45, 7) is 4.19. The Labute approximate surface area is 73.0 Å². The van der Waals surface area contributed by atoms with Gasteiger partial charge in [-0.05, 0) is 24.7 Å². The molecular formula is C10H15NO. The van der Waals surface area contributed by atoms with E-state index in [1.165, 1.54) is 19.3 Å². The molecule has 12 heavy (non-hydrogen) atoms. The second-order valence-electron chi connectivity index (χ2n) is 3.82. The second-order valence-corrected chi connectivity index (χ2v) is 3.82.